The van der Waals surface area contributed by atoms with E-state index in [1.807, 2.05) is 0 Å². The minimum absolute atomic E-state index is 0.394. The number of hydrogen-bond acceptors (Lipinski definition) is 6. The van der Waals surface area contributed by atoms with Crippen molar-refractivity contribution in [3.8, 4) is 0 Å². The third-order valence-corrected chi connectivity index (χ3v) is 2.60. The van der Waals surface area contributed by atoms with Gasteiger partial charge in [0.15, 0.2) is 12.5 Å². The maximum absolute atomic E-state index is 11.3. The van der Waals surface area contributed by atoms with E-state index in [0.717, 1.165) is 6.42 Å². The summed E-state index contributed by atoms with van der Waals surface area (Å²) in [6.07, 6.45) is -1.09. The number of aliphatic hydroxyl groups excluding tert-OH is 2. The van der Waals surface area contributed by atoms with Gasteiger partial charge >= 0.3 is 5.97 Å². The van der Waals surface area contributed by atoms with Crippen molar-refractivity contribution in [2.45, 2.75) is 31.4 Å². The van der Waals surface area contributed by atoms with Crippen LogP contribution in [0.2, 0.25) is 0 Å². The molecule has 1 saturated heterocycles. The van der Waals surface area contributed by atoms with Crippen LogP contribution in [0.15, 0.2) is 0 Å². The fraction of sp³-hybridized carbons (Fsp3) is 0.889. The van der Waals surface area contributed by atoms with Crippen LogP contribution in [0.1, 0.15) is 12.8 Å². The molecule has 1 heterocycles. The van der Waals surface area contributed by atoms with Gasteiger partial charge in [0.25, 0.3) is 0 Å². The van der Waals surface area contributed by atoms with Crippen LogP contribution in [-0.2, 0) is 14.3 Å². The van der Waals surface area contributed by atoms with E-state index < -0.39 is 24.5 Å². The number of aliphatic hydroxyl groups is 2. The lowest BCUT2D eigenvalue weighted by Crippen LogP contribution is -2.49. The molecule has 1 fully saturated rings. The number of ether oxygens (including phenoxy) is 2. The van der Waals surface area contributed by atoms with Crippen LogP contribution in [0.4, 0.5) is 0 Å². The highest BCUT2D eigenvalue weighted by Crippen LogP contribution is 2.21. The Hall–Kier alpha value is -0.690. The molecule has 0 aliphatic carbocycles. The molecule has 1 unspecified atom stereocenters. The molecule has 1 aliphatic rings. The van der Waals surface area contributed by atoms with Gasteiger partial charge in [-0.2, -0.15) is 0 Å². The number of methoxy groups -OCH3 is 2. The zero-order chi connectivity index (χ0) is 11.4. The van der Waals surface area contributed by atoms with Crippen LogP contribution in [-0.4, -0.2) is 60.4 Å². The first-order chi connectivity index (χ1) is 7.11. The van der Waals surface area contributed by atoms with E-state index in [1.54, 1.807) is 0 Å². The first-order valence-corrected chi connectivity index (χ1v) is 4.84. The third kappa shape index (κ3) is 2.66. The largest absolute Gasteiger partial charge is 0.468 e. The standard InChI is InChI=1S/C9H17NO5/c1-14-8(12)6-4-3-5-10(6)7(11)9(13)15-2/h6-7,9,11,13H,3-5H2,1-2H3/t6?,7-,9-/m0/s1. The Labute approximate surface area is 88.4 Å². The van der Waals surface area contributed by atoms with Crippen molar-refractivity contribution in [3.05, 3.63) is 0 Å². The summed E-state index contributed by atoms with van der Waals surface area (Å²) in [6.45, 7) is 0.543. The maximum atomic E-state index is 11.3. The van der Waals surface area contributed by atoms with Gasteiger partial charge in [0.05, 0.1) is 7.11 Å². The molecule has 2 N–H and O–H groups in total. The SMILES string of the molecule is COC(=O)C1CCCN1[C@@H](O)[C@@H](O)OC. The summed E-state index contributed by atoms with van der Waals surface area (Å²) in [5, 5.41) is 19.0. The number of esters is 1. The molecule has 6 nitrogen and oxygen atoms in total. The van der Waals surface area contributed by atoms with E-state index in [0.29, 0.717) is 13.0 Å². The molecule has 0 spiro atoms. The predicted octanol–water partition coefficient (Wildman–Crippen LogP) is -1.09. The molecule has 0 radical (unpaired) electrons. The quantitative estimate of drug-likeness (QED) is 0.462. The van der Waals surface area contributed by atoms with Gasteiger partial charge in [-0.3, -0.25) is 9.69 Å². The number of nitrogens with zero attached hydrogens (tertiary/aromatic N) is 1. The van der Waals surface area contributed by atoms with Crippen LogP contribution >= 0.6 is 0 Å². The highest BCUT2D eigenvalue weighted by molar-refractivity contribution is 5.76. The van der Waals surface area contributed by atoms with Gasteiger partial charge < -0.3 is 19.7 Å². The Morgan fingerprint density at radius 1 is 1.47 bits per heavy atom. The summed E-state index contributed by atoms with van der Waals surface area (Å²) in [7, 11) is 2.59. The molecule has 15 heavy (non-hydrogen) atoms. The summed E-state index contributed by atoms with van der Waals surface area (Å²) in [4.78, 5) is 12.8. The van der Waals surface area contributed by atoms with E-state index in [1.165, 1.54) is 19.1 Å². The van der Waals surface area contributed by atoms with Gasteiger partial charge in [0.1, 0.15) is 6.04 Å². The zero-order valence-electron chi connectivity index (χ0n) is 8.92. The lowest BCUT2D eigenvalue weighted by atomic mass is 10.2. The molecular formula is C9H17NO5. The van der Waals surface area contributed by atoms with E-state index >= 15 is 0 Å². The van der Waals surface area contributed by atoms with Crippen LogP contribution in [0.25, 0.3) is 0 Å². The average Bonchev–Trinajstić information content (AvgIpc) is 2.74. The smallest absolute Gasteiger partial charge is 0.323 e. The van der Waals surface area contributed by atoms with Crippen molar-refractivity contribution >= 4 is 5.97 Å². The number of carbonyl (C=O) groups is 1. The molecule has 1 rings (SSSR count). The third-order valence-electron chi connectivity index (χ3n) is 2.60. The number of rotatable bonds is 4. The molecule has 6 heteroatoms. The van der Waals surface area contributed by atoms with Gasteiger partial charge in [0, 0.05) is 13.7 Å². The van der Waals surface area contributed by atoms with E-state index in [2.05, 4.69) is 9.47 Å². The molecule has 0 bridgehead atoms. The Bertz CT molecular complexity index is 223. The molecule has 1 aliphatic heterocycles. The Kier molecular flexibility index (Phi) is 4.46. The molecule has 0 saturated carbocycles. The van der Waals surface area contributed by atoms with E-state index in [9.17, 15) is 15.0 Å². The van der Waals surface area contributed by atoms with Crippen molar-refractivity contribution in [3.63, 3.8) is 0 Å². The first-order valence-electron chi connectivity index (χ1n) is 4.84. The molecule has 3 atom stereocenters. The van der Waals surface area contributed by atoms with E-state index in [4.69, 9.17) is 0 Å². The average molecular weight is 219 g/mol. The second-order valence-corrected chi connectivity index (χ2v) is 3.46. The monoisotopic (exact) mass is 219 g/mol. The van der Waals surface area contributed by atoms with Gasteiger partial charge in [-0.05, 0) is 12.8 Å². The summed E-state index contributed by atoms with van der Waals surface area (Å²) >= 11 is 0. The summed E-state index contributed by atoms with van der Waals surface area (Å²) in [5.74, 6) is -0.394. The minimum Gasteiger partial charge on any atom is -0.468 e. The molecular weight excluding hydrogens is 202 g/mol. The zero-order valence-corrected chi connectivity index (χ0v) is 8.92. The topological polar surface area (TPSA) is 79.2 Å². The van der Waals surface area contributed by atoms with Crippen molar-refractivity contribution < 1.29 is 24.5 Å². The molecule has 0 aromatic rings. The normalized spacial score (nSPS) is 26.3. The van der Waals surface area contributed by atoms with Crippen molar-refractivity contribution in [2.75, 3.05) is 20.8 Å². The second-order valence-electron chi connectivity index (χ2n) is 3.46. The lowest BCUT2D eigenvalue weighted by molar-refractivity contribution is -0.200. The Morgan fingerprint density at radius 3 is 2.67 bits per heavy atom. The molecule has 88 valence electrons. The van der Waals surface area contributed by atoms with Crippen LogP contribution in [0.3, 0.4) is 0 Å². The van der Waals surface area contributed by atoms with Gasteiger partial charge in [0.2, 0.25) is 0 Å². The highest BCUT2D eigenvalue weighted by atomic mass is 16.6. The van der Waals surface area contributed by atoms with Crippen LogP contribution in [0.5, 0.6) is 0 Å². The fourth-order valence-electron chi connectivity index (χ4n) is 1.78. The van der Waals surface area contributed by atoms with Crippen molar-refractivity contribution in [1.82, 2.24) is 4.90 Å². The Balaban J connectivity index is 2.63. The number of hydrogen-bond donors (Lipinski definition) is 2. The summed E-state index contributed by atoms with van der Waals surface area (Å²) in [6, 6.07) is -0.491. The van der Waals surface area contributed by atoms with Gasteiger partial charge in [-0.1, -0.05) is 0 Å². The number of carbonyl (C=O) groups excluding carboxylic acids is 1. The summed E-state index contributed by atoms with van der Waals surface area (Å²) < 4.78 is 9.21. The molecule has 0 aromatic heterocycles. The van der Waals surface area contributed by atoms with E-state index in [-0.39, 0.29) is 0 Å². The molecule has 0 aromatic carbocycles. The van der Waals surface area contributed by atoms with Crippen molar-refractivity contribution in [1.29, 1.82) is 0 Å². The summed E-state index contributed by atoms with van der Waals surface area (Å²) in [5.41, 5.74) is 0. The fourth-order valence-corrected chi connectivity index (χ4v) is 1.78. The maximum Gasteiger partial charge on any atom is 0.323 e. The minimum atomic E-state index is -1.31. The Morgan fingerprint density at radius 2 is 2.13 bits per heavy atom. The van der Waals surface area contributed by atoms with Crippen LogP contribution < -0.4 is 0 Å². The van der Waals surface area contributed by atoms with Gasteiger partial charge in [-0.25, -0.2) is 0 Å². The predicted molar refractivity (Wildman–Crippen MR) is 50.8 cm³/mol. The van der Waals surface area contributed by atoms with Crippen LogP contribution in [0, 0.1) is 0 Å². The van der Waals surface area contributed by atoms with Gasteiger partial charge in [-0.15, -0.1) is 0 Å². The highest BCUT2D eigenvalue weighted by Gasteiger charge is 2.38. The second kappa shape index (κ2) is 5.41. The molecule has 0 amide bonds. The lowest BCUT2D eigenvalue weighted by Gasteiger charge is -2.29. The first kappa shape index (κ1) is 12.4. The van der Waals surface area contributed by atoms with Crippen molar-refractivity contribution in [2.24, 2.45) is 0 Å². The number of likely N-dealkylation sites (tertiary alicyclic amines) is 1.